The normalized spacial score (nSPS) is 10.4. The molecule has 166 valence electrons. The second kappa shape index (κ2) is 9.65. The maximum Gasteiger partial charge on any atom is 0.280 e. The maximum atomic E-state index is 12.9. The lowest BCUT2D eigenvalue weighted by atomic mass is 10.2. The molecule has 0 aliphatic heterocycles. The van der Waals surface area contributed by atoms with Crippen molar-refractivity contribution in [3.8, 4) is 17.2 Å². The van der Waals surface area contributed by atoms with Gasteiger partial charge in [-0.15, -0.1) is 0 Å². The molecule has 4 rings (SSSR count). The molecule has 4 aromatic rings. The summed E-state index contributed by atoms with van der Waals surface area (Å²) in [6, 6.07) is 17.6. The third-order valence-electron chi connectivity index (χ3n) is 4.77. The summed E-state index contributed by atoms with van der Waals surface area (Å²) in [6.45, 7) is 0. The molecule has 0 saturated carbocycles. The van der Waals surface area contributed by atoms with Gasteiger partial charge in [-0.3, -0.25) is 14.6 Å². The zero-order chi connectivity index (χ0) is 23.2. The van der Waals surface area contributed by atoms with Gasteiger partial charge in [-0.1, -0.05) is 18.2 Å². The van der Waals surface area contributed by atoms with Crippen LogP contribution >= 0.6 is 0 Å². The van der Waals surface area contributed by atoms with Crippen molar-refractivity contribution < 1.29 is 19.1 Å². The van der Waals surface area contributed by atoms with Crippen molar-refractivity contribution in [1.29, 1.82) is 0 Å². The van der Waals surface area contributed by atoms with Crippen molar-refractivity contribution in [2.24, 2.45) is 0 Å². The fourth-order valence-corrected chi connectivity index (χ4v) is 3.13. The number of ether oxygens (including phenoxy) is 2. The van der Waals surface area contributed by atoms with E-state index in [9.17, 15) is 9.59 Å². The maximum absolute atomic E-state index is 12.9. The lowest BCUT2D eigenvalue weighted by molar-refractivity contribution is 0.101. The molecule has 0 unspecified atom stereocenters. The number of hydrogen-bond acceptors (Lipinski definition) is 6. The SMILES string of the molecule is COc1cc(NC(=O)c2nn(-c3ccccc3)cc2OC)ccc1NC(=O)c1cccnc1. The van der Waals surface area contributed by atoms with Crippen molar-refractivity contribution >= 4 is 23.2 Å². The molecular weight excluding hydrogens is 422 g/mol. The van der Waals surface area contributed by atoms with E-state index in [-0.39, 0.29) is 11.6 Å². The molecule has 9 nitrogen and oxygen atoms in total. The Morgan fingerprint density at radius 2 is 1.67 bits per heavy atom. The van der Waals surface area contributed by atoms with Crippen LogP contribution in [-0.4, -0.2) is 40.8 Å². The summed E-state index contributed by atoms with van der Waals surface area (Å²) in [5, 5.41) is 9.93. The van der Waals surface area contributed by atoms with Crippen molar-refractivity contribution in [2.75, 3.05) is 24.9 Å². The molecule has 2 aromatic carbocycles. The van der Waals surface area contributed by atoms with Crippen LogP contribution in [0.5, 0.6) is 11.5 Å². The van der Waals surface area contributed by atoms with E-state index in [0.29, 0.717) is 28.4 Å². The number of anilines is 2. The third kappa shape index (κ3) is 4.82. The highest BCUT2D eigenvalue weighted by Gasteiger charge is 2.19. The monoisotopic (exact) mass is 443 g/mol. The molecule has 0 aliphatic carbocycles. The van der Waals surface area contributed by atoms with Crippen LogP contribution < -0.4 is 20.1 Å². The molecule has 0 fully saturated rings. The average Bonchev–Trinajstić information content (AvgIpc) is 3.31. The summed E-state index contributed by atoms with van der Waals surface area (Å²) >= 11 is 0. The van der Waals surface area contributed by atoms with Crippen molar-refractivity contribution in [3.05, 3.63) is 90.5 Å². The van der Waals surface area contributed by atoms with E-state index in [0.717, 1.165) is 5.69 Å². The Bertz CT molecular complexity index is 1270. The first kappa shape index (κ1) is 21.6. The van der Waals surface area contributed by atoms with Crippen LogP contribution in [0.2, 0.25) is 0 Å². The Hall–Kier alpha value is -4.66. The van der Waals surface area contributed by atoms with Crippen molar-refractivity contribution in [2.45, 2.75) is 0 Å². The summed E-state index contributed by atoms with van der Waals surface area (Å²) < 4.78 is 12.3. The smallest absolute Gasteiger partial charge is 0.280 e. The summed E-state index contributed by atoms with van der Waals surface area (Å²) in [6.07, 6.45) is 4.70. The van der Waals surface area contributed by atoms with E-state index < -0.39 is 5.91 Å². The van der Waals surface area contributed by atoms with Crippen LogP contribution in [0.15, 0.2) is 79.3 Å². The van der Waals surface area contributed by atoms with Gasteiger partial charge in [-0.05, 0) is 36.4 Å². The quantitative estimate of drug-likeness (QED) is 0.450. The topological polar surface area (TPSA) is 107 Å². The van der Waals surface area contributed by atoms with E-state index in [1.807, 2.05) is 30.3 Å². The molecule has 9 heteroatoms. The fourth-order valence-electron chi connectivity index (χ4n) is 3.13. The zero-order valence-corrected chi connectivity index (χ0v) is 18.0. The van der Waals surface area contributed by atoms with Gasteiger partial charge >= 0.3 is 0 Å². The minimum Gasteiger partial charge on any atom is -0.494 e. The van der Waals surface area contributed by atoms with Gasteiger partial charge in [0.15, 0.2) is 11.4 Å². The molecule has 2 N–H and O–H groups in total. The van der Waals surface area contributed by atoms with Crippen LogP contribution in [0.3, 0.4) is 0 Å². The number of carbonyl (C=O) groups is 2. The van der Waals surface area contributed by atoms with E-state index in [1.54, 1.807) is 47.4 Å². The van der Waals surface area contributed by atoms with Crippen molar-refractivity contribution in [1.82, 2.24) is 14.8 Å². The molecular formula is C24H21N5O4. The molecule has 2 heterocycles. The number of nitrogens with one attached hydrogen (secondary N) is 2. The van der Waals surface area contributed by atoms with E-state index in [1.165, 1.54) is 20.4 Å². The molecule has 2 amide bonds. The average molecular weight is 443 g/mol. The number of hydrogen-bond donors (Lipinski definition) is 2. The Balaban J connectivity index is 1.53. The molecule has 0 aliphatic rings. The van der Waals surface area contributed by atoms with Crippen LogP contribution in [0.1, 0.15) is 20.8 Å². The Kier molecular flexibility index (Phi) is 6.31. The number of methoxy groups -OCH3 is 2. The number of rotatable bonds is 7. The summed E-state index contributed by atoms with van der Waals surface area (Å²) in [5.41, 5.74) is 2.26. The number of benzene rings is 2. The Morgan fingerprint density at radius 1 is 0.879 bits per heavy atom. The predicted octanol–water partition coefficient (Wildman–Crippen LogP) is 3.79. The van der Waals surface area contributed by atoms with Crippen molar-refractivity contribution in [3.63, 3.8) is 0 Å². The van der Waals surface area contributed by atoms with E-state index in [2.05, 4.69) is 20.7 Å². The summed E-state index contributed by atoms with van der Waals surface area (Å²) in [7, 11) is 2.96. The molecule has 0 spiro atoms. The van der Waals surface area contributed by atoms with Gasteiger partial charge in [0, 0.05) is 24.1 Å². The Morgan fingerprint density at radius 3 is 2.36 bits per heavy atom. The number of aromatic nitrogens is 3. The number of nitrogens with zero attached hydrogens (tertiary/aromatic N) is 3. The Labute approximate surface area is 190 Å². The zero-order valence-electron chi connectivity index (χ0n) is 18.0. The highest BCUT2D eigenvalue weighted by Crippen LogP contribution is 2.29. The highest BCUT2D eigenvalue weighted by atomic mass is 16.5. The summed E-state index contributed by atoms with van der Waals surface area (Å²) in [4.78, 5) is 29.3. The fraction of sp³-hybridized carbons (Fsp3) is 0.0833. The van der Waals surface area contributed by atoms with E-state index in [4.69, 9.17) is 9.47 Å². The lowest BCUT2D eigenvalue weighted by Gasteiger charge is -2.12. The van der Waals surface area contributed by atoms with Gasteiger partial charge in [0.05, 0.1) is 37.4 Å². The standard InChI is InChI=1S/C24H21N5O4/c1-32-20-13-17(10-11-19(20)27-23(30)16-7-6-12-25-14-16)26-24(31)22-21(33-2)15-29(28-22)18-8-4-3-5-9-18/h3-15H,1-2H3,(H,26,31)(H,27,30). The van der Waals surface area contributed by atoms with Gasteiger partial charge in [0.1, 0.15) is 5.75 Å². The predicted molar refractivity (Wildman–Crippen MR) is 123 cm³/mol. The first-order valence-corrected chi connectivity index (χ1v) is 9.99. The van der Waals surface area contributed by atoms with Gasteiger partial charge in [-0.25, -0.2) is 4.68 Å². The number of para-hydroxylation sites is 1. The molecule has 0 saturated heterocycles. The third-order valence-corrected chi connectivity index (χ3v) is 4.77. The van der Waals surface area contributed by atoms with Gasteiger partial charge in [-0.2, -0.15) is 5.10 Å². The molecule has 33 heavy (non-hydrogen) atoms. The number of carbonyl (C=O) groups excluding carboxylic acids is 2. The van der Waals surface area contributed by atoms with Gasteiger partial charge < -0.3 is 20.1 Å². The first-order chi connectivity index (χ1) is 16.1. The second-order valence-electron chi connectivity index (χ2n) is 6.89. The minimum absolute atomic E-state index is 0.134. The lowest BCUT2D eigenvalue weighted by Crippen LogP contribution is -2.15. The molecule has 2 aromatic heterocycles. The first-order valence-electron chi connectivity index (χ1n) is 9.99. The van der Waals surface area contributed by atoms with Crippen LogP contribution in [0.25, 0.3) is 5.69 Å². The number of amides is 2. The largest absolute Gasteiger partial charge is 0.494 e. The van der Waals surface area contributed by atoms with Gasteiger partial charge in [0.2, 0.25) is 0 Å². The molecule has 0 bridgehead atoms. The molecule has 0 atom stereocenters. The second-order valence-corrected chi connectivity index (χ2v) is 6.89. The van der Waals surface area contributed by atoms with Crippen LogP contribution in [0.4, 0.5) is 11.4 Å². The van der Waals surface area contributed by atoms with E-state index >= 15 is 0 Å². The number of pyridine rings is 1. The van der Waals surface area contributed by atoms with Crippen LogP contribution in [0, 0.1) is 0 Å². The van der Waals surface area contributed by atoms with Crippen LogP contribution in [-0.2, 0) is 0 Å². The highest BCUT2D eigenvalue weighted by molar-refractivity contribution is 6.06. The molecule has 0 radical (unpaired) electrons. The summed E-state index contributed by atoms with van der Waals surface area (Å²) in [5.74, 6) is -0.0550. The van der Waals surface area contributed by atoms with Gasteiger partial charge in [0.25, 0.3) is 11.8 Å². The minimum atomic E-state index is -0.448.